The third-order valence-electron chi connectivity index (χ3n) is 15.4. The van der Waals surface area contributed by atoms with E-state index >= 15 is 0 Å². The highest BCUT2D eigenvalue weighted by molar-refractivity contribution is 9.10. The van der Waals surface area contributed by atoms with Gasteiger partial charge in [0, 0.05) is 53.1 Å². The number of carbonyl (C=O) groups is 10. The number of amides is 9. The van der Waals surface area contributed by atoms with Crippen molar-refractivity contribution in [3.05, 3.63) is 143 Å². The highest BCUT2D eigenvalue weighted by atomic mass is 79.9. The Kier molecular flexibility index (Phi) is 24.7. The van der Waals surface area contributed by atoms with Gasteiger partial charge in [0.05, 0.1) is 33.1 Å². The van der Waals surface area contributed by atoms with E-state index < -0.39 is 39.8 Å². The summed E-state index contributed by atoms with van der Waals surface area (Å²) >= 11 is 6.52. The maximum absolute atomic E-state index is 13.7. The van der Waals surface area contributed by atoms with Gasteiger partial charge in [0.1, 0.15) is 23.0 Å². The maximum atomic E-state index is 13.7. The van der Waals surface area contributed by atoms with Crippen LogP contribution in [0, 0.1) is 11.8 Å². The number of benzene rings is 4. The van der Waals surface area contributed by atoms with Crippen LogP contribution in [0.1, 0.15) is 131 Å². The van der Waals surface area contributed by atoms with Gasteiger partial charge in [0.15, 0.2) is 0 Å². The van der Waals surface area contributed by atoms with Crippen molar-refractivity contribution >= 4 is 91.0 Å². The van der Waals surface area contributed by atoms with E-state index in [1.54, 1.807) is 72.4 Å². The summed E-state index contributed by atoms with van der Waals surface area (Å²) in [7, 11) is 3.17. The van der Waals surface area contributed by atoms with E-state index in [0.717, 1.165) is 24.0 Å². The number of rotatable bonds is 21. The van der Waals surface area contributed by atoms with Crippen LogP contribution in [0.25, 0.3) is 0 Å². The molecule has 4 aliphatic heterocycles. The molecular formula is C62H76Br2N8O11. The summed E-state index contributed by atoms with van der Waals surface area (Å²) in [4.78, 5) is 129. The Morgan fingerprint density at radius 2 is 0.916 bits per heavy atom. The van der Waals surface area contributed by atoms with Gasteiger partial charge in [-0.3, -0.25) is 57.7 Å². The summed E-state index contributed by atoms with van der Waals surface area (Å²) in [5.74, 6) is -2.46. The largest absolute Gasteiger partial charge is 0.480 e. The van der Waals surface area contributed by atoms with Gasteiger partial charge in [-0.25, -0.2) is 0 Å². The summed E-state index contributed by atoms with van der Waals surface area (Å²) in [5.41, 5.74) is 9.74. The van der Waals surface area contributed by atoms with Gasteiger partial charge < -0.3 is 36.6 Å². The first-order valence-electron chi connectivity index (χ1n) is 28.3. The molecule has 0 bridgehead atoms. The Morgan fingerprint density at radius 3 is 1.31 bits per heavy atom. The molecule has 0 aromatic heterocycles. The molecule has 2 fully saturated rings. The lowest BCUT2D eigenvalue weighted by Gasteiger charge is -2.32. The normalized spacial score (nSPS) is 20.0. The molecule has 0 radical (unpaired) electrons. The summed E-state index contributed by atoms with van der Waals surface area (Å²) in [6.45, 7) is 5.77. The molecule has 0 spiro atoms. The molecule has 8 atom stereocenters. The molecule has 83 heavy (non-hydrogen) atoms. The van der Waals surface area contributed by atoms with E-state index in [-0.39, 0.29) is 65.6 Å². The number of hydrogen-bond acceptors (Lipinski definition) is 11. The molecule has 4 aliphatic rings. The van der Waals surface area contributed by atoms with Crippen molar-refractivity contribution in [2.24, 2.45) is 17.6 Å². The molecule has 8 rings (SSSR count). The summed E-state index contributed by atoms with van der Waals surface area (Å²) in [6, 6.07) is 30.5. The first-order valence-corrected chi connectivity index (χ1v) is 30.2. The number of aliphatic carboxylic acids is 1. The lowest BCUT2D eigenvalue weighted by Crippen LogP contribution is -2.56. The highest BCUT2D eigenvalue weighted by Crippen LogP contribution is 2.27. The number of hydrogen-bond donors (Lipinski definition) is 5. The number of likely N-dealkylation sites (tertiary alicyclic amines) is 2. The number of nitrogens with one attached hydrogen (secondary N) is 3. The molecule has 9 amide bonds. The molecule has 4 heterocycles. The van der Waals surface area contributed by atoms with Gasteiger partial charge in [-0.2, -0.15) is 0 Å². The smallest absolute Gasteiger partial charge is 0.317 e. The van der Waals surface area contributed by atoms with Gasteiger partial charge >= 0.3 is 5.97 Å². The topological polar surface area (TPSA) is 266 Å². The van der Waals surface area contributed by atoms with E-state index in [0.29, 0.717) is 112 Å². The van der Waals surface area contributed by atoms with Crippen molar-refractivity contribution in [2.45, 2.75) is 125 Å². The predicted octanol–water partition coefficient (Wildman–Crippen LogP) is 6.55. The Labute approximate surface area is 502 Å². The zero-order valence-electron chi connectivity index (χ0n) is 47.5. The van der Waals surface area contributed by atoms with Crippen LogP contribution < -0.4 is 21.7 Å². The molecule has 21 heteroatoms. The van der Waals surface area contributed by atoms with Gasteiger partial charge in [-0.05, 0) is 105 Å². The van der Waals surface area contributed by atoms with Crippen LogP contribution in [-0.4, -0.2) is 158 Å². The van der Waals surface area contributed by atoms with Crippen LogP contribution >= 0.6 is 31.9 Å². The molecule has 4 aromatic rings. The second kappa shape index (κ2) is 31.5. The minimum absolute atomic E-state index is 0.117. The Morgan fingerprint density at radius 1 is 0.542 bits per heavy atom. The quantitative estimate of drug-likeness (QED) is 0.0338. The number of alkyl halides is 2. The van der Waals surface area contributed by atoms with E-state index in [2.05, 4.69) is 54.7 Å². The zero-order valence-corrected chi connectivity index (χ0v) is 50.6. The Balaban J connectivity index is 0.000000221. The number of carboxylic acids is 1. The lowest BCUT2D eigenvalue weighted by molar-refractivity contribution is -0.142. The van der Waals surface area contributed by atoms with Crippen LogP contribution in [0.2, 0.25) is 0 Å². The van der Waals surface area contributed by atoms with Crippen molar-refractivity contribution in [1.82, 2.24) is 35.6 Å². The van der Waals surface area contributed by atoms with Crippen LogP contribution in [-0.2, 0) is 41.6 Å². The van der Waals surface area contributed by atoms with Crippen LogP contribution in [0.15, 0.2) is 109 Å². The average molecular weight is 1270 g/mol. The van der Waals surface area contributed by atoms with Crippen LogP contribution in [0.5, 0.6) is 0 Å². The minimum atomic E-state index is -0.897. The van der Waals surface area contributed by atoms with Crippen molar-refractivity contribution in [2.75, 3.05) is 40.3 Å². The second-order valence-electron chi connectivity index (χ2n) is 21.5. The van der Waals surface area contributed by atoms with Crippen molar-refractivity contribution in [3.63, 3.8) is 0 Å². The number of imide groups is 2. The third-order valence-corrected chi connectivity index (χ3v) is 17.1. The van der Waals surface area contributed by atoms with Gasteiger partial charge in [-0.1, -0.05) is 137 Å². The molecule has 0 aliphatic carbocycles. The number of carbonyl (C=O) groups excluding carboxylic acids is 9. The number of likely N-dealkylation sites (N-methyl/N-ethyl adjacent to an activating group) is 2. The molecule has 6 N–H and O–H groups in total. The molecule has 3 unspecified atom stereocenters. The SMILES string of the molecule is CNC(=O)[C@H](Cc1ccccc1)N1CC[C@H](C)CC(NC(=O)C(Br)CCCCN2C(=O)c3ccccc3C2=O)C1=O.CNC(=O)[C@H](Cc1ccccc1)N1CC[C@H](C)C[C@H](N)C1=O.O=C(O)C(Br)CCCCN1C(=O)c2ccccc2C1=O. The van der Waals surface area contributed by atoms with Crippen molar-refractivity contribution in [3.8, 4) is 0 Å². The number of unbranched alkanes of at least 4 members (excludes halogenated alkanes) is 2. The van der Waals surface area contributed by atoms with Crippen molar-refractivity contribution < 1.29 is 53.1 Å². The molecular weight excluding hydrogens is 1190 g/mol. The summed E-state index contributed by atoms with van der Waals surface area (Å²) in [5, 5.41) is 17.0. The maximum Gasteiger partial charge on any atom is 0.317 e. The fourth-order valence-corrected chi connectivity index (χ4v) is 11.4. The molecule has 19 nitrogen and oxygen atoms in total. The van der Waals surface area contributed by atoms with E-state index in [4.69, 9.17) is 10.8 Å². The third kappa shape index (κ3) is 17.5. The molecule has 444 valence electrons. The molecule has 2 saturated heterocycles. The van der Waals surface area contributed by atoms with Gasteiger partial charge in [0.25, 0.3) is 23.6 Å². The fraction of sp³-hybridized carbons (Fsp3) is 0.452. The standard InChI is InChI=1S/C31H37BrN4O5.C17H25N3O2.C14H14BrNO4/c1-20-15-17-35(26(28(38)33-2)19-21-10-4-3-5-11-21)31(41)25(18-20)34-27(37)24(32)14-8-9-16-36-29(39)22-12-6-7-13-23(22)30(36)40;1-12-8-9-20(17(22)14(18)10-12)15(16(21)19-2)11-13-6-4-3-5-7-13;15-11(14(19)20)7-3-4-8-16-12(17)9-5-1-2-6-10(9)13(16)18/h3-7,10-13,20,24-26H,8-9,14-19H2,1-2H3,(H,33,38)(H,34,37);3-7,12,14-15H,8-11,18H2,1-2H3,(H,19,21);1-2,5-6,11H,3-4,7-8H2,(H,19,20)/t20-,24?,25?,26-;12-,14-,15-;/m00./s1. The van der Waals surface area contributed by atoms with Gasteiger partial charge in [-0.15, -0.1) is 0 Å². The Hall–Kier alpha value is -7.10. The number of nitrogens with two attached hydrogens (primary N) is 1. The molecule has 4 aromatic carbocycles. The van der Waals surface area contributed by atoms with Gasteiger partial charge in [0.2, 0.25) is 29.5 Å². The fourth-order valence-electron chi connectivity index (χ4n) is 10.7. The number of carboxylic acid groups (broad SMARTS) is 1. The van der Waals surface area contributed by atoms with Crippen LogP contribution in [0.3, 0.4) is 0 Å². The van der Waals surface area contributed by atoms with E-state index in [1.165, 1.54) is 9.80 Å². The van der Waals surface area contributed by atoms with E-state index in [9.17, 15) is 47.9 Å². The van der Waals surface area contributed by atoms with Crippen LogP contribution in [0.4, 0.5) is 0 Å². The van der Waals surface area contributed by atoms with Crippen molar-refractivity contribution in [1.29, 1.82) is 0 Å². The summed E-state index contributed by atoms with van der Waals surface area (Å²) < 4.78 is 0. The number of halogens is 2. The first-order chi connectivity index (χ1) is 39.7. The Bertz CT molecular complexity index is 2880. The first kappa shape index (κ1) is 65.1. The predicted molar refractivity (Wildman–Crippen MR) is 321 cm³/mol. The highest BCUT2D eigenvalue weighted by Gasteiger charge is 2.40. The monoisotopic (exact) mass is 1270 g/mol. The minimum Gasteiger partial charge on any atom is -0.480 e. The zero-order chi connectivity index (χ0) is 60.3. The molecule has 0 saturated carbocycles. The average Bonchev–Trinajstić information content (AvgIpc) is 4.00. The summed E-state index contributed by atoms with van der Waals surface area (Å²) in [6.07, 6.45) is 7.02. The van der Waals surface area contributed by atoms with E-state index in [1.807, 2.05) is 67.6 Å². The number of nitrogens with zero attached hydrogens (tertiary/aromatic N) is 4. The lowest BCUT2D eigenvalue weighted by atomic mass is 10.00. The second-order valence-corrected chi connectivity index (χ2v) is 23.7. The number of fused-ring (bicyclic) bond motifs is 2.